The van der Waals surface area contributed by atoms with Crippen LogP contribution in [0.3, 0.4) is 0 Å². The molecule has 2 aromatic carbocycles. The fourth-order valence-electron chi connectivity index (χ4n) is 2.24. The first-order valence-electron chi connectivity index (χ1n) is 7.17. The molecule has 7 heteroatoms. The number of hydrogen-bond acceptors (Lipinski definition) is 3. The Morgan fingerprint density at radius 3 is 2.67 bits per heavy atom. The largest absolute Gasteiger partial charge is 0.298 e. The van der Waals surface area contributed by atoms with Gasteiger partial charge in [-0.25, -0.2) is 4.68 Å². The molecule has 0 aliphatic heterocycles. The quantitative estimate of drug-likeness (QED) is 0.634. The summed E-state index contributed by atoms with van der Waals surface area (Å²) < 4.78 is 2.71. The van der Waals surface area contributed by atoms with E-state index < -0.39 is 0 Å². The first-order chi connectivity index (χ1) is 11.5. The third-order valence-electron chi connectivity index (χ3n) is 3.47. The average molecular weight is 406 g/mol. The molecule has 0 spiro atoms. The van der Waals surface area contributed by atoms with Crippen LogP contribution in [0.4, 0.5) is 5.69 Å². The van der Waals surface area contributed by atoms with E-state index in [0.29, 0.717) is 16.3 Å². The maximum atomic E-state index is 12.4. The number of carbonyl (C=O) groups excluding carboxylic acids is 1. The number of nitrogens with zero attached hydrogens (tertiary/aromatic N) is 2. The van der Waals surface area contributed by atoms with E-state index in [-0.39, 0.29) is 5.91 Å². The van der Waals surface area contributed by atoms with Crippen LogP contribution in [0.5, 0.6) is 0 Å². The highest BCUT2D eigenvalue weighted by atomic mass is 79.9. The zero-order valence-electron chi connectivity index (χ0n) is 12.8. The van der Waals surface area contributed by atoms with Crippen molar-refractivity contribution in [3.05, 3.63) is 75.5 Å². The minimum atomic E-state index is -0.268. The van der Waals surface area contributed by atoms with Gasteiger partial charge < -0.3 is 0 Å². The molecule has 24 heavy (non-hydrogen) atoms. The van der Waals surface area contributed by atoms with Gasteiger partial charge >= 0.3 is 0 Å². The Kier molecular flexibility index (Phi) is 4.87. The second kappa shape index (κ2) is 7.07. The van der Waals surface area contributed by atoms with Crippen molar-refractivity contribution >= 4 is 39.1 Å². The Morgan fingerprint density at radius 1 is 1.21 bits per heavy atom. The monoisotopic (exact) mass is 404 g/mol. The maximum Gasteiger partial charge on any atom is 0.273 e. The molecule has 0 saturated heterocycles. The zero-order chi connectivity index (χ0) is 17.1. The van der Waals surface area contributed by atoms with Crippen molar-refractivity contribution in [1.82, 2.24) is 15.2 Å². The smallest absolute Gasteiger partial charge is 0.273 e. The number of anilines is 1. The molecule has 2 N–H and O–H groups in total. The summed E-state index contributed by atoms with van der Waals surface area (Å²) in [6.07, 6.45) is 1.55. The van der Waals surface area contributed by atoms with Gasteiger partial charge in [-0.2, -0.15) is 5.10 Å². The molecule has 0 unspecified atom stereocenters. The van der Waals surface area contributed by atoms with Crippen LogP contribution in [0.25, 0.3) is 5.69 Å². The van der Waals surface area contributed by atoms with E-state index in [4.69, 9.17) is 11.6 Å². The molecule has 3 rings (SSSR count). The summed E-state index contributed by atoms with van der Waals surface area (Å²) in [5.41, 5.74) is 8.32. The van der Waals surface area contributed by atoms with Gasteiger partial charge in [0.05, 0.1) is 28.8 Å². The predicted octanol–water partition coefficient (Wildman–Crippen LogP) is 4.35. The summed E-state index contributed by atoms with van der Waals surface area (Å²) in [4.78, 5) is 12.4. The van der Waals surface area contributed by atoms with Gasteiger partial charge in [0.15, 0.2) is 0 Å². The third kappa shape index (κ3) is 3.60. The number of amides is 1. The van der Waals surface area contributed by atoms with Gasteiger partial charge in [0.25, 0.3) is 5.91 Å². The highest BCUT2D eigenvalue weighted by Crippen LogP contribution is 2.18. The predicted molar refractivity (Wildman–Crippen MR) is 98.5 cm³/mol. The lowest BCUT2D eigenvalue weighted by molar-refractivity contribution is 0.0962. The Labute approximate surface area is 152 Å². The van der Waals surface area contributed by atoms with Crippen LogP contribution in [0.1, 0.15) is 16.1 Å². The van der Waals surface area contributed by atoms with Crippen molar-refractivity contribution in [2.45, 2.75) is 6.92 Å². The van der Waals surface area contributed by atoms with Crippen molar-refractivity contribution in [2.75, 3.05) is 5.43 Å². The second-order valence-corrected chi connectivity index (χ2v) is 6.47. The van der Waals surface area contributed by atoms with Gasteiger partial charge in [-0.1, -0.05) is 33.6 Å². The highest BCUT2D eigenvalue weighted by molar-refractivity contribution is 9.10. The molecular formula is C17H14BrClN4O. The molecule has 122 valence electrons. The van der Waals surface area contributed by atoms with Gasteiger partial charge in [-0.05, 0) is 49.4 Å². The Hall–Kier alpha value is -2.31. The van der Waals surface area contributed by atoms with Gasteiger partial charge in [-0.3, -0.25) is 15.6 Å². The molecule has 0 saturated carbocycles. The summed E-state index contributed by atoms with van der Waals surface area (Å²) in [5, 5.41) is 4.89. The van der Waals surface area contributed by atoms with Crippen LogP contribution in [-0.4, -0.2) is 15.7 Å². The molecule has 3 aromatic rings. The molecule has 5 nitrogen and oxygen atoms in total. The zero-order valence-corrected chi connectivity index (χ0v) is 15.1. The number of carbonyl (C=O) groups is 1. The summed E-state index contributed by atoms with van der Waals surface area (Å²) in [5.74, 6) is -0.268. The lowest BCUT2D eigenvalue weighted by Gasteiger charge is -2.09. The van der Waals surface area contributed by atoms with Crippen LogP contribution in [0.15, 0.2) is 59.2 Å². The topological polar surface area (TPSA) is 59.0 Å². The lowest BCUT2D eigenvalue weighted by Crippen LogP contribution is -2.29. The van der Waals surface area contributed by atoms with E-state index in [0.717, 1.165) is 15.9 Å². The molecule has 1 amide bonds. The first kappa shape index (κ1) is 16.5. The van der Waals surface area contributed by atoms with E-state index in [1.807, 2.05) is 37.3 Å². The average Bonchev–Trinajstić information content (AvgIpc) is 2.95. The molecule has 0 radical (unpaired) electrons. The molecule has 0 aliphatic rings. The number of rotatable bonds is 4. The van der Waals surface area contributed by atoms with Crippen LogP contribution in [-0.2, 0) is 0 Å². The molecular weight excluding hydrogens is 392 g/mol. The summed E-state index contributed by atoms with van der Waals surface area (Å²) >= 11 is 9.32. The number of hydrogen-bond donors (Lipinski definition) is 2. The second-order valence-electron chi connectivity index (χ2n) is 5.12. The summed E-state index contributed by atoms with van der Waals surface area (Å²) in [7, 11) is 0. The SMILES string of the molecule is Cc1c(C(=O)NNc2cccc(Cl)c2)cnn1-c1ccc(Br)cc1. The lowest BCUT2D eigenvalue weighted by atomic mass is 10.2. The van der Waals surface area contributed by atoms with Gasteiger partial charge in [0.2, 0.25) is 0 Å². The molecule has 0 bridgehead atoms. The molecule has 1 heterocycles. The van der Waals surface area contributed by atoms with Crippen molar-refractivity contribution < 1.29 is 4.79 Å². The Bertz CT molecular complexity index is 877. The summed E-state index contributed by atoms with van der Waals surface area (Å²) in [6.45, 7) is 1.85. The van der Waals surface area contributed by atoms with Crippen LogP contribution >= 0.6 is 27.5 Å². The van der Waals surface area contributed by atoms with Gasteiger partial charge in [0, 0.05) is 9.50 Å². The molecule has 0 atom stereocenters. The van der Waals surface area contributed by atoms with Crippen LogP contribution in [0.2, 0.25) is 5.02 Å². The van der Waals surface area contributed by atoms with Crippen molar-refractivity contribution in [2.24, 2.45) is 0 Å². The minimum absolute atomic E-state index is 0.268. The number of halogens is 2. The summed E-state index contributed by atoms with van der Waals surface area (Å²) in [6, 6.07) is 14.8. The number of aromatic nitrogens is 2. The van der Waals surface area contributed by atoms with Crippen molar-refractivity contribution in [1.29, 1.82) is 0 Å². The van der Waals surface area contributed by atoms with E-state index in [1.165, 1.54) is 0 Å². The number of hydrazine groups is 1. The Balaban J connectivity index is 1.75. The van der Waals surface area contributed by atoms with E-state index in [2.05, 4.69) is 31.9 Å². The normalized spacial score (nSPS) is 10.5. The molecule has 0 aliphatic carbocycles. The van der Waals surface area contributed by atoms with Gasteiger partial charge in [0.1, 0.15) is 0 Å². The van der Waals surface area contributed by atoms with E-state index in [9.17, 15) is 4.79 Å². The highest BCUT2D eigenvalue weighted by Gasteiger charge is 2.15. The van der Waals surface area contributed by atoms with Gasteiger partial charge in [-0.15, -0.1) is 0 Å². The molecule has 1 aromatic heterocycles. The fourth-order valence-corrected chi connectivity index (χ4v) is 2.69. The van der Waals surface area contributed by atoms with Crippen LogP contribution < -0.4 is 10.9 Å². The maximum absolute atomic E-state index is 12.4. The minimum Gasteiger partial charge on any atom is -0.298 e. The first-order valence-corrected chi connectivity index (χ1v) is 8.34. The standard InChI is InChI=1S/C17H14BrClN4O/c1-11-16(10-20-23(11)15-7-5-12(18)6-8-15)17(24)22-21-14-4-2-3-13(19)9-14/h2-10,21H,1H3,(H,22,24). The fraction of sp³-hybridized carbons (Fsp3) is 0.0588. The number of benzene rings is 2. The molecule has 0 fully saturated rings. The van der Waals surface area contributed by atoms with Crippen LogP contribution in [0, 0.1) is 6.92 Å². The van der Waals surface area contributed by atoms with E-state index >= 15 is 0 Å². The van der Waals surface area contributed by atoms with Crippen molar-refractivity contribution in [3.63, 3.8) is 0 Å². The van der Waals surface area contributed by atoms with E-state index in [1.54, 1.807) is 29.1 Å². The van der Waals surface area contributed by atoms with Crippen molar-refractivity contribution in [3.8, 4) is 5.69 Å². The Morgan fingerprint density at radius 2 is 1.96 bits per heavy atom. The number of nitrogens with one attached hydrogen (secondary N) is 2. The third-order valence-corrected chi connectivity index (χ3v) is 4.23.